The molecule has 2 amide bonds. The molecular formula is C19H28N4O4S2. The van der Waals surface area contributed by atoms with Crippen molar-refractivity contribution in [1.82, 2.24) is 20.4 Å². The molecule has 0 unspecified atom stereocenters. The van der Waals surface area contributed by atoms with E-state index < -0.39 is 5.97 Å². The SMILES string of the molecule is CC(=S)N[C@H](C)[C@H]1C(=O)N2C(C(=O)O)=C(S[C@@H]3CN[C@H](C(=O)N(C)C)C3)[C@H](C)[C@H]12. The molecule has 3 aliphatic rings. The first-order chi connectivity index (χ1) is 13.5. The lowest BCUT2D eigenvalue weighted by atomic mass is 9.78. The van der Waals surface area contributed by atoms with Crippen molar-refractivity contribution in [2.45, 2.75) is 50.6 Å². The minimum Gasteiger partial charge on any atom is -0.477 e. The number of carboxylic acid groups (broad SMARTS) is 1. The summed E-state index contributed by atoms with van der Waals surface area (Å²) >= 11 is 6.60. The van der Waals surface area contributed by atoms with Crippen LogP contribution < -0.4 is 10.6 Å². The van der Waals surface area contributed by atoms with Crippen molar-refractivity contribution in [1.29, 1.82) is 0 Å². The van der Waals surface area contributed by atoms with Crippen LogP contribution in [0.3, 0.4) is 0 Å². The van der Waals surface area contributed by atoms with Gasteiger partial charge in [-0.1, -0.05) is 19.1 Å². The lowest BCUT2D eigenvalue weighted by molar-refractivity contribution is -0.157. The van der Waals surface area contributed by atoms with Crippen LogP contribution in [0.4, 0.5) is 0 Å². The van der Waals surface area contributed by atoms with E-state index in [1.807, 2.05) is 13.8 Å². The number of carbonyl (C=O) groups excluding carboxylic acids is 2. The van der Waals surface area contributed by atoms with Gasteiger partial charge in [-0.25, -0.2) is 4.79 Å². The van der Waals surface area contributed by atoms with E-state index >= 15 is 0 Å². The molecule has 0 aromatic rings. The Bertz CT molecular complexity index is 784. The quantitative estimate of drug-likeness (QED) is 0.409. The molecule has 3 rings (SSSR count). The second kappa shape index (κ2) is 8.23. The highest BCUT2D eigenvalue weighted by atomic mass is 32.2. The number of thioether (sulfide) groups is 1. The highest BCUT2D eigenvalue weighted by Crippen LogP contribution is 2.51. The highest BCUT2D eigenvalue weighted by Gasteiger charge is 2.60. The number of hydrogen-bond acceptors (Lipinski definition) is 6. The van der Waals surface area contributed by atoms with Gasteiger partial charge >= 0.3 is 5.97 Å². The molecule has 0 spiro atoms. The zero-order valence-corrected chi connectivity index (χ0v) is 18.9. The smallest absolute Gasteiger partial charge is 0.353 e. The molecule has 3 heterocycles. The third-order valence-corrected chi connectivity index (χ3v) is 7.51. The first-order valence-corrected chi connectivity index (χ1v) is 11.0. The van der Waals surface area contributed by atoms with Crippen LogP contribution in [0.2, 0.25) is 0 Å². The molecule has 0 saturated carbocycles. The molecule has 3 N–H and O–H groups in total. The fraction of sp³-hybridized carbons (Fsp3) is 0.684. The van der Waals surface area contributed by atoms with Crippen LogP contribution in [0.25, 0.3) is 0 Å². The highest BCUT2D eigenvalue weighted by molar-refractivity contribution is 8.03. The number of carbonyl (C=O) groups is 3. The van der Waals surface area contributed by atoms with Crippen molar-refractivity contribution in [2.75, 3.05) is 20.6 Å². The van der Waals surface area contributed by atoms with E-state index in [0.717, 1.165) is 4.91 Å². The van der Waals surface area contributed by atoms with Crippen LogP contribution in [0, 0.1) is 11.8 Å². The molecule has 10 heteroatoms. The van der Waals surface area contributed by atoms with Crippen LogP contribution in [0.5, 0.6) is 0 Å². The molecule has 160 valence electrons. The molecule has 6 atom stereocenters. The van der Waals surface area contributed by atoms with Crippen molar-refractivity contribution in [3.05, 3.63) is 10.6 Å². The van der Waals surface area contributed by atoms with Crippen molar-refractivity contribution in [3.8, 4) is 0 Å². The Labute approximate surface area is 180 Å². The van der Waals surface area contributed by atoms with Crippen molar-refractivity contribution >= 4 is 46.8 Å². The maximum absolute atomic E-state index is 12.8. The van der Waals surface area contributed by atoms with Crippen molar-refractivity contribution < 1.29 is 19.5 Å². The number of hydrogen-bond donors (Lipinski definition) is 3. The summed E-state index contributed by atoms with van der Waals surface area (Å²) < 4.78 is 0. The van der Waals surface area contributed by atoms with E-state index in [9.17, 15) is 19.5 Å². The van der Waals surface area contributed by atoms with Gasteiger partial charge in [0.05, 0.1) is 23.0 Å². The molecule has 2 fully saturated rings. The number of β-lactam (4-membered cyclic amide) rings is 1. The summed E-state index contributed by atoms with van der Waals surface area (Å²) in [4.78, 5) is 41.4. The third kappa shape index (κ3) is 3.89. The number of fused-ring (bicyclic) bond motifs is 1. The second-order valence-corrected chi connectivity index (χ2v) is 10.1. The van der Waals surface area contributed by atoms with Gasteiger partial charge in [-0.3, -0.25) is 9.59 Å². The fourth-order valence-electron chi connectivity index (χ4n) is 4.58. The van der Waals surface area contributed by atoms with Crippen LogP contribution in [0.1, 0.15) is 27.2 Å². The van der Waals surface area contributed by atoms with E-state index in [2.05, 4.69) is 10.6 Å². The monoisotopic (exact) mass is 440 g/mol. The van der Waals surface area contributed by atoms with Gasteiger partial charge in [-0.2, -0.15) is 0 Å². The van der Waals surface area contributed by atoms with Gasteiger partial charge in [0.15, 0.2) is 0 Å². The average molecular weight is 441 g/mol. The van der Waals surface area contributed by atoms with Gasteiger partial charge in [0.25, 0.3) is 0 Å². The Balaban J connectivity index is 1.77. The first-order valence-electron chi connectivity index (χ1n) is 9.73. The topological polar surface area (TPSA) is 102 Å². The molecule has 0 aromatic heterocycles. The van der Waals surface area contributed by atoms with Crippen molar-refractivity contribution in [2.24, 2.45) is 11.8 Å². The number of thiocarbonyl (C=S) groups is 1. The fourth-order valence-corrected chi connectivity index (χ4v) is 6.24. The molecule has 0 radical (unpaired) electrons. The molecule has 3 aliphatic heterocycles. The molecule has 8 nitrogen and oxygen atoms in total. The van der Waals surface area contributed by atoms with E-state index in [1.165, 1.54) is 16.7 Å². The summed E-state index contributed by atoms with van der Waals surface area (Å²) in [6.07, 6.45) is 0.634. The summed E-state index contributed by atoms with van der Waals surface area (Å²) in [6, 6.07) is -0.589. The normalized spacial score (nSPS) is 32.0. The largest absolute Gasteiger partial charge is 0.477 e. The first kappa shape index (κ1) is 22.0. The zero-order valence-electron chi connectivity index (χ0n) is 17.3. The van der Waals surface area contributed by atoms with E-state index in [0.29, 0.717) is 18.0 Å². The molecule has 2 saturated heterocycles. The standard InChI is InChI=1S/C19H28N4O4S2/c1-8-14-13(9(2)21-10(3)28)18(25)23(14)15(19(26)27)16(8)29-11-6-12(20-7-11)17(24)22(4)5/h8-9,11-14,20H,6-7H2,1-5H3,(H,21,28)(H,26,27)/t8-,9-,11+,12+,13-,14-/m1/s1. The summed E-state index contributed by atoms with van der Waals surface area (Å²) in [6.45, 7) is 6.29. The van der Waals surface area contributed by atoms with Crippen molar-refractivity contribution in [3.63, 3.8) is 0 Å². The Morgan fingerprint density at radius 3 is 2.62 bits per heavy atom. The van der Waals surface area contributed by atoms with Crippen LogP contribution >= 0.6 is 24.0 Å². The van der Waals surface area contributed by atoms with Gasteiger partial charge in [-0.15, -0.1) is 11.8 Å². The number of amides is 2. The van der Waals surface area contributed by atoms with E-state index in [4.69, 9.17) is 12.2 Å². The number of nitrogens with zero attached hydrogens (tertiary/aromatic N) is 2. The van der Waals surface area contributed by atoms with Crippen LogP contribution in [-0.2, 0) is 14.4 Å². The lowest BCUT2D eigenvalue weighted by Gasteiger charge is -2.47. The van der Waals surface area contributed by atoms with Gasteiger partial charge in [-0.05, 0) is 20.3 Å². The maximum atomic E-state index is 12.8. The van der Waals surface area contributed by atoms with Crippen LogP contribution in [-0.4, -0.2) is 81.7 Å². The Morgan fingerprint density at radius 2 is 2.07 bits per heavy atom. The zero-order chi connectivity index (χ0) is 21.6. The van der Waals surface area contributed by atoms with E-state index in [-0.39, 0.29) is 52.7 Å². The third-order valence-electron chi connectivity index (χ3n) is 5.88. The Kier molecular flexibility index (Phi) is 6.26. The minimum absolute atomic E-state index is 0.0227. The summed E-state index contributed by atoms with van der Waals surface area (Å²) in [5.74, 6) is -1.61. The number of aliphatic carboxylic acids is 1. The maximum Gasteiger partial charge on any atom is 0.353 e. The summed E-state index contributed by atoms with van der Waals surface area (Å²) in [7, 11) is 3.45. The molecule has 29 heavy (non-hydrogen) atoms. The molecular weight excluding hydrogens is 412 g/mol. The predicted octanol–water partition coefficient (Wildman–Crippen LogP) is 0.637. The van der Waals surface area contributed by atoms with Crippen LogP contribution in [0.15, 0.2) is 10.6 Å². The Morgan fingerprint density at radius 1 is 1.41 bits per heavy atom. The van der Waals surface area contributed by atoms with Gasteiger partial charge in [0.1, 0.15) is 5.70 Å². The number of carboxylic acids is 1. The molecule has 0 aliphatic carbocycles. The number of likely N-dealkylation sites (N-methyl/N-ethyl adjacent to an activating group) is 1. The minimum atomic E-state index is -1.08. The number of nitrogens with one attached hydrogen (secondary N) is 2. The lowest BCUT2D eigenvalue weighted by Crippen LogP contribution is -2.66. The predicted molar refractivity (Wildman–Crippen MR) is 115 cm³/mol. The molecule has 0 bridgehead atoms. The summed E-state index contributed by atoms with van der Waals surface area (Å²) in [5, 5.41) is 16.3. The number of rotatable bonds is 6. The second-order valence-electron chi connectivity index (χ2n) is 8.19. The van der Waals surface area contributed by atoms with Gasteiger partial charge < -0.3 is 25.5 Å². The van der Waals surface area contributed by atoms with Gasteiger partial charge in [0, 0.05) is 42.8 Å². The average Bonchev–Trinajstić information content (AvgIpc) is 3.16. The Hall–Kier alpha value is -1.65. The van der Waals surface area contributed by atoms with E-state index in [1.54, 1.807) is 25.9 Å². The van der Waals surface area contributed by atoms with Gasteiger partial charge in [0.2, 0.25) is 11.8 Å². The summed E-state index contributed by atoms with van der Waals surface area (Å²) in [5.41, 5.74) is 0.0995. The molecule has 0 aromatic carbocycles.